The zero-order chi connectivity index (χ0) is 9.60. The quantitative estimate of drug-likeness (QED) is 0.660. The Bertz CT molecular complexity index is 326. The zero-order valence-corrected chi connectivity index (χ0v) is 9.00. The number of rotatable bonds is 3. The van der Waals surface area contributed by atoms with E-state index < -0.39 is 0 Å². The first-order valence-corrected chi connectivity index (χ1v) is 6.00. The minimum atomic E-state index is 0.544. The van der Waals surface area contributed by atoms with Gasteiger partial charge in [0.05, 0.1) is 0 Å². The van der Waals surface area contributed by atoms with E-state index in [4.69, 9.17) is 11.6 Å². The van der Waals surface area contributed by atoms with Crippen molar-refractivity contribution >= 4 is 11.6 Å². The van der Waals surface area contributed by atoms with Gasteiger partial charge in [0.1, 0.15) is 0 Å². The summed E-state index contributed by atoms with van der Waals surface area (Å²) < 4.78 is 0. The van der Waals surface area contributed by atoms with Crippen molar-refractivity contribution in [2.45, 2.75) is 25.2 Å². The Morgan fingerprint density at radius 1 is 1.21 bits per heavy atom. The molecule has 0 aromatic heterocycles. The monoisotopic (exact) mass is 206 g/mol. The van der Waals surface area contributed by atoms with Crippen LogP contribution in [0.2, 0.25) is 0 Å². The van der Waals surface area contributed by atoms with Crippen LogP contribution < -0.4 is 0 Å². The number of alkyl halides is 1. The normalized spacial score (nSPS) is 32.6. The van der Waals surface area contributed by atoms with Crippen LogP contribution in [0.1, 0.15) is 30.7 Å². The summed E-state index contributed by atoms with van der Waals surface area (Å²) in [5.74, 6) is 2.58. The summed E-state index contributed by atoms with van der Waals surface area (Å²) in [6, 6.07) is 10.9. The Labute approximate surface area is 90.3 Å². The van der Waals surface area contributed by atoms with Gasteiger partial charge in [-0.05, 0) is 42.1 Å². The maximum atomic E-state index is 6.04. The molecule has 2 unspecified atom stereocenters. The molecule has 0 N–H and O–H groups in total. The van der Waals surface area contributed by atoms with E-state index in [0.717, 1.165) is 17.7 Å². The Balaban J connectivity index is 1.75. The van der Waals surface area contributed by atoms with Gasteiger partial charge in [0.15, 0.2) is 0 Å². The van der Waals surface area contributed by atoms with E-state index in [1.54, 1.807) is 0 Å². The zero-order valence-electron chi connectivity index (χ0n) is 8.25. The number of benzene rings is 1. The second-order valence-electron chi connectivity index (χ2n) is 4.86. The van der Waals surface area contributed by atoms with Gasteiger partial charge < -0.3 is 0 Å². The molecule has 14 heavy (non-hydrogen) atoms. The van der Waals surface area contributed by atoms with E-state index in [1.165, 1.54) is 24.8 Å². The van der Waals surface area contributed by atoms with Crippen LogP contribution in [-0.2, 0) is 0 Å². The average molecular weight is 207 g/mol. The average Bonchev–Trinajstić information content (AvgIpc) is 3.12. The van der Waals surface area contributed by atoms with Crippen LogP contribution in [0.4, 0.5) is 0 Å². The smallest absolute Gasteiger partial charge is 0.0282 e. The molecular weight excluding hydrogens is 192 g/mol. The van der Waals surface area contributed by atoms with Crippen molar-refractivity contribution in [1.29, 1.82) is 0 Å². The van der Waals surface area contributed by atoms with Crippen molar-refractivity contribution in [3.8, 4) is 0 Å². The molecule has 0 bridgehead atoms. The van der Waals surface area contributed by atoms with Crippen molar-refractivity contribution < 1.29 is 0 Å². The van der Waals surface area contributed by atoms with Crippen molar-refractivity contribution in [2.75, 3.05) is 5.88 Å². The summed E-state index contributed by atoms with van der Waals surface area (Å²) in [6.45, 7) is 0. The van der Waals surface area contributed by atoms with Crippen molar-refractivity contribution in [3.05, 3.63) is 35.9 Å². The molecule has 74 valence electrons. The van der Waals surface area contributed by atoms with Gasteiger partial charge in [-0.15, -0.1) is 11.6 Å². The molecule has 0 spiro atoms. The Hall–Kier alpha value is -0.490. The van der Waals surface area contributed by atoms with Gasteiger partial charge in [0.25, 0.3) is 0 Å². The fourth-order valence-electron chi connectivity index (χ4n) is 2.70. The van der Waals surface area contributed by atoms with Gasteiger partial charge in [-0.25, -0.2) is 0 Å². The fraction of sp³-hybridized carbons (Fsp3) is 0.538. The van der Waals surface area contributed by atoms with Crippen LogP contribution in [-0.4, -0.2) is 5.88 Å². The lowest BCUT2D eigenvalue weighted by atomic mass is 9.98. The maximum Gasteiger partial charge on any atom is 0.0282 e. The first-order chi connectivity index (χ1) is 6.86. The highest BCUT2D eigenvalue weighted by Crippen LogP contribution is 2.67. The topological polar surface area (TPSA) is 0 Å². The van der Waals surface area contributed by atoms with Crippen molar-refractivity contribution in [2.24, 2.45) is 11.3 Å². The molecule has 2 aliphatic carbocycles. The Morgan fingerprint density at radius 3 is 2.50 bits per heavy atom. The molecule has 1 aromatic carbocycles. The third-order valence-corrected chi connectivity index (χ3v) is 4.50. The molecule has 2 aliphatic rings. The standard InChI is InChI=1S/C13H15Cl/c14-9-13(6-7-13)12-8-11(12)10-4-2-1-3-5-10/h1-5,11-12H,6-9H2. The van der Waals surface area contributed by atoms with Crippen LogP contribution in [0.5, 0.6) is 0 Å². The lowest BCUT2D eigenvalue weighted by Gasteiger charge is -2.10. The van der Waals surface area contributed by atoms with E-state index in [9.17, 15) is 0 Å². The SMILES string of the molecule is ClCC1(C2CC2c2ccccc2)CC1. The molecule has 0 heterocycles. The molecule has 1 heteroatoms. The molecule has 0 radical (unpaired) electrons. The van der Waals surface area contributed by atoms with Gasteiger partial charge >= 0.3 is 0 Å². The van der Waals surface area contributed by atoms with Gasteiger partial charge in [-0.1, -0.05) is 30.3 Å². The minimum Gasteiger partial charge on any atom is -0.126 e. The highest BCUT2D eigenvalue weighted by atomic mass is 35.5. The summed E-state index contributed by atoms with van der Waals surface area (Å²) >= 11 is 6.04. The van der Waals surface area contributed by atoms with E-state index in [1.807, 2.05) is 0 Å². The second-order valence-corrected chi connectivity index (χ2v) is 5.12. The predicted molar refractivity (Wildman–Crippen MR) is 59.7 cm³/mol. The number of halogens is 1. The summed E-state index contributed by atoms with van der Waals surface area (Å²) in [4.78, 5) is 0. The van der Waals surface area contributed by atoms with Crippen LogP contribution in [0.25, 0.3) is 0 Å². The van der Waals surface area contributed by atoms with Crippen LogP contribution >= 0.6 is 11.6 Å². The van der Waals surface area contributed by atoms with Crippen molar-refractivity contribution in [3.63, 3.8) is 0 Å². The maximum absolute atomic E-state index is 6.04. The van der Waals surface area contributed by atoms with Gasteiger partial charge in [0, 0.05) is 5.88 Å². The van der Waals surface area contributed by atoms with Crippen LogP contribution in [0, 0.1) is 11.3 Å². The Morgan fingerprint density at radius 2 is 1.93 bits per heavy atom. The largest absolute Gasteiger partial charge is 0.126 e. The van der Waals surface area contributed by atoms with Crippen LogP contribution in [0.15, 0.2) is 30.3 Å². The highest BCUT2D eigenvalue weighted by molar-refractivity contribution is 6.18. The fourth-order valence-corrected chi connectivity index (χ4v) is 3.17. The van der Waals surface area contributed by atoms with E-state index in [-0.39, 0.29) is 0 Å². The third kappa shape index (κ3) is 1.28. The molecule has 2 fully saturated rings. The van der Waals surface area contributed by atoms with Gasteiger partial charge in [-0.2, -0.15) is 0 Å². The predicted octanol–water partition coefficient (Wildman–Crippen LogP) is 3.81. The van der Waals surface area contributed by atoms with Gasteiger partial charge in [-0.3, -0.25) is 0 Å². The summed E-state index contributed by atoms with van der Waals surface area (Å²) in [7, 11) is 0. The lowest BCUT2D eigenvalue weighted by molar-refractivity contribution is 0.486. The molecule has 2 saturated carbocycles. The molecular formula is C13H15Cl. The Kier molecular flexibility index (Phi) is 1.88. The molecule has 2 atom stereocenters. The number of hydrogen-bond acceptors (Lipinski definition) is 0. The summed E-state index contributed by atoms with van der Waals surface area (Å²) in [5.41, 5.74) is 2.07. The first kappa shape index (κ1) is 8.79. The van der Waals surface area contributed by atoms with Crippen LogP contribution in [0.3, 0.4) is 0 Å². The number of hydrogen-bond donors (Lipinski definition) is 0. The summed E-state index contributed by atoms with van der Waals surface area (Å²) in [5, 5.41) is 0. The molecule has 0 amide bonds. The highest BCUT2D eigenvalue weighted by Gasteiger charge is 2.58. The van der Waals surface area contributed by atoms with E-state index in [0.29, 0.717) is 5.41 Å². The molecule has 1 aromatic rings. The van der Waals surface area contributed by atoms with Gasteiger partial charge in [0.2, 0.25) is 0 Å². The first-order valence-electron chi connectivity index (χ1n) is 5.47. The van der Waals surface area contributed by atoms with E-state index in [2.05, 4.69) is 30.3 Å². The molecule has 0 saturated heterocycles. The lowest BCUT2D eigenvalue weighted by Crippen LogP contribution is -2.06. The van der Waals surface area contributed by atoms with E-state index >= 15 is 0 Å². The van der Waals surface area contributed by atoms with Crippen molar-refractivity contribution in [1.82, 2.24) is 0 Å². The minimum absolute atomic E-state index is 0.544. The molecule has 3 rings (SSSR count). The molecule has 0 nitrogen and oxygen atoms in total. The molecule has 0 aliphatic heterocycles. The third-order valence-electron chi connectivity index (χ3n) is 3.96. The second kappa shape index (κ2) is 3.00. The summed E-state index contributed by atoms with van der Waals surface area (Å²) in [6.07, 6.45) is 4.10.